The van der Waals surface area contributed by atoms with Gasteiger partial charge in [-0.15, -0.1) is 0 Å². The smallest absolute Gasteiger partial charge is 0.277 e. The molecule has 1 fully saturated rings. The molecular formula is C13H11Cl2N3O2. The highest BCUT2D eigenvalue weighted by Gasteiger charge is 2.28. The summed E-state index contributed by atoms with van der Waals surface area (Å²) in [6, 6.07) is 4.72. The van der Waals surface area contributed by atoms with Gasteiger partial charge in [-0.1, -0.05) is 28.4 Å². The van der Waals surface area contributed by atoms with Crippen LogP contribution in [0.1, 0.15) is 35.0 Å². The van der Waals surface area contributed by atoms with E-state index in [-0.39, 0.29) is 27.3 Å². The predicted molar refractivity (Wildman–Crippen MR) is 77.3 cm³/mol. The van der Waals surface area contributed by atoms with Gasteiger partial charge in [-0.2, -0.15) is 0 Å². The average Bonchev–Trinajstić information content (AvgIpc) is 3.13. The highest BCUT2D eigenvalue weighted by atomic mass is 35.5. The second-order valence-corrected chi connectivity index (χ2v) is 5.51. The second kappa shape index (κ2) is 5.00. The Kier molecular flexibility index (Phi) is 3.31. The molecule has 0 radical (unpaired) electrons. The Morgan fingerprint density at radius 2 is 1.95 bits per heavy atom. The van der Waals surface area contributed by atoms with Crippen molar-refractivity contribution in [1.82, 2.24) is 5.16 Å². The monoisotopic (exact) mass is 311 g/mol. The van der Waals surface area contributed by atoms with Crippen molar-refractivity contribution >= 4 is 40.5 Å². The fraction of sp³-hybridized carbons (Fsp3) is 0.231. The van der Waals surface area contributed by atoms with Crippen LogP contribution >= 0.6 is 23.2 Å². The number of nitrogens with zero attached hydrogens (tertiary/aromatic N) is 1. The molecule has 1 saturated carbocycles. The van der Waals surface area contributed by atoms with Crippen LogP contribution in [-0.4, -0.2) is 11.1 Å². The Morgan fingerprint density at radius 1 is 1.30 bits per heavy atom. The minimum absolute atomic E-state index is 0.232. The molecule has 3 rings (SSSR count). The lowest BCUT2D eigenvalue weighted by atomic mass is 10.2. The summed E-state index contributed by atoms with van der Waals surface area (Å²) in [5.41, 5.74) is 6.60. The first-order valence-electron chi connectivity index (χ1n) is 6.07. The van der Waals surface area contributed by atoms with Crippen molar-refractivity contribution in [1.29, 1.82) is 0 Å². The summed E-state index contributed by atoms with van der Waals surface area (Å²) in [6.45, 7) is 0. The van der Waals surface area contributed by atoms with Crippen LogP contribution in [0.3, 0.4) is 0 Å². The number of anilines is 2. The standard InChI is InChI=1S/C13H11Cl2N3O2/c14-8-3-7(4-9(15)12(8)16)17-13(19)10-5-11(20-18-10)6-1-2-6/h3-6H,1-2,16H2,(H,17,19). The molecule has 0 spiro atoms. The van der Waals surface area contributed by atoms with Crippen LogP contribution in [-0.2, 0) is 0 Å². The summed E-state index contributed by atoms with van der Waals surface area (Å²) >= 11 is 11.8. The molecule has 0 unspecified atom stereocenters. The molecule has 3 N–H and O–H groups in total. The number of nitrogen functional groups attached to an aromatic ring is 1. The lowest BCUT2D eigenvalue weighted by molar-refractivity contribution is 0.101. The van der Waals surface area contributed by atoms with Crippen molar-refractivity contribution in [3.63, 3.8) is 0 Å². The lowest BCUT2D eigenvalue weighted by Crippen LogP contribution is -2.12. The summed E-state index contributed by atoms with van der Waals surface area (Å²) in [4.78, 5) is 12.0. The number of benzene rings is 1. The molecule has 1 heterocycles. The molecule has 0 saturated heterocycles. The molecule has 0 atom stereocenters. The zero-order valence-corrected chi connectivity index (χ0v) is 11.8. The van der Waals surface area contributed by atoms with E-state index in [0.29, 0.717) is 11.6 Å². The Bertz CT molecular complexity index is 657. The third-order valence-corrected chi connectivity index (χ3v) is 3.70. The SMILES string of the molecule is Nc1c(Cl)cc(NC(=O)c2cc(C3CC3)on2)cc1Cl. The van der Waals surface area contributed by atoms with Gasteiger partial charge < -0.3 is 15.6 Å². The molecular weight excluding hydrogens is 301 g/mol. The van der Waals surface area contributed by atoms with E-state index in [1.54, 1.807) is 6.07 Å². The number of hydrogen-bond acceptors (Lipinski definition) is 4. The van der Waals surface area contributed by atoms with E-state index < -0.39 is 0 Å². The number of halogens is 2. The minimum Gasteiger partial charge on any atom is -0.396 e. The van der Waals surface area contributed by atoms with E-state index in [1.165, 1.54) is 12.1 Å². The van der Waals surface area contributed by atoms with E-state index in [9.17, 15) is 4.79 Å². The fourth-order valence-corrected chi connectivity index (χ4v) is 2.30. The molecule has 7 heteroatoms. The minimum atomic E-state index is -0.377. The molecule has 20 heavy (non-hydrogen) atoms. The van der Waals surface area contributed by atoms with Crippen molar-refractivity contribution in [3.05, 3.63) is 39.7 Å². The van der Waals surface area contributed by atoms with E-state index in [2.05, 4.69) is 10.5 Å². The molecule has 1 aliphatic carbocycles. The number of hydrogen-bond donors (Lipinski definition) is 2. The molecule has 104 valence electrons. The molecule has 2 aromatic rings. The van der Waals surface area contributed by atoms with Gasteiger partial charge in [0.2, 0.25) is 0 Å². The van der Waals surface area contributed by atoms with Gasteiger partial charge in [0.25, 0.3) is 5.91 Å². The highest BCUT2D eigenvalue weighted by molar-refractivity contribution is 6.39. The summed E-state index contributed by atoms with van der Waals surface area (Å²) in [6.07, 6.45) is 2.17. The summed E-state index contributed by atoms with van der Waals surface area (Å²) in [5, 5.41) is 6.98. The van der Waals surface area contributed by atoms with Gasteiger partial charge in [-0.05, 0) is 25.0 Å². The number of amides is 1. The number of rotatable bonds is 3. The number of carbonyl (C=O) groups excluding carboxylic acids is 1. The van der Waals surface area contributed by atoms with Crippen molar-refractivity contribution in [2.75, 3.05) is 11.1 Å². The van der Waals surface area contributed by atoms with Crippen LogP contribution in [0.5, 0.6) is 0 Å². The highest BCUT2D eigenvalue weighted by Crippen LogP contribution is 2.40. The van der Waals surface area contributed by atoms with Gasteiger partial charge in [0, 0.05) is 17.7 Å². The van der Waals surface area contributed by atoms with Crippen LogP contribution in [0.25, 0.3) is 0 Å². The number of nitrogens with one attached hydrogen (secondary N) is 1. The van der Waals surface area contributed by atoms with Crippen molar-refractivity contribution in [2.24, 2.45) is 0 Å². The second-order valence-electron chi connectivity index (χ2n) is 4.70. The largest absolute Gasteiger partial charge is 0.396 e. The topological polar surface area (TPSA) is 81.1 Å². The molecule has 0 aliphatic heterocycles. The first-order valence-corrected chi connectivity index (χ1v) is 6.82. The van der Waals surface area contributed by atoms with Gasteiger partial charge in [-0.3, -0.25) is 4.79 Å². The molecule has 1 amide bonds. The first kappa shape index (κ1) is 13.3. The number of aromatic nitrogens is 1. The maximum atomic E-state index is 12.0. The summed E-state index contributed by atoms with van der Waals surface area (Å²) < 4.78 is 5.13. The molecule has 1 aromatic carbocycles. The predicted octanol–water partition coefficient (Wildman–Crippen LogP) is 3.69. The fourth-order valence-electron chi connectivity index (χ4n) is 1.81. The Morgan fingerprint density at radius 3 is 2.55 bits per heavy atom. The van der Waals surface area contributed by atoms with Gasteiger partial charge in [-0.25, -0.2) is 0 Å². The van der Waals surface area contributed by atoms with Crippen molar-refractivity contribution in [2.45, 2.75) is 18.8 Å². The van der Waals surface area contributed by atoms with Gasteiger partial charge in [0.05, 0.1) is 15.7 Å². The first-order chi connectivity index (χ1) is 9.54. The van der Waals surface area contributed by atoms with Crippen LogP contribution in [0, 0.1) is 0 Å². The maximum absolute atomic E-state index is 12.0. The normalized spacial score (nSPS) is 14.3. The lowest BCUT2D eigenvalue weighted by Gasteiger charge is -2.06. The molecule has 5 nitrogen and oxygen atoms in total. The Balaban J connectivity index is 1.77. The van der Waals surface area contributed by atoms with E-state index >= 15 is 0 Å². The van der Waals surface area contributed by atoms with E-state index in [1.807, 2.05) is 0 Å². The van der Waals surface area contributed by atoms with Crippen LogP contribution in [0.15, 0.2) is 22.7 Å². The van der Waals surface area contributed by atoms with Gasteiger partial charge in [0.1, 0.15) is 5.76 Å². The Hall–Kier alpha value is -1.72. The van der Waals surface area contributed by atoms with Crippen molar-refractivity contribution < 1.29 is 9.32 Å². The Labute approximate surface area is 125 Å². The zero-order chi connectivity index (χ0) is 14.3. The molecule has 1 aliphatic rings. The maximum Gasteiger partial charge on any atom is 0.277 e. The zero-order valence-electron chi connectivity index (χ0n) is 10.3. The third-order valence-electron chi connectivity index (χ3n) is 3.08. The van der Waals surface area contributed by atoms with E-state index in [4.69, 9.17) is 33.5 Å². The number of nitrogens with two attached hydrogens (primary N) is 1. The van der Waals surface area contributed by atoms with E-state index in [0.717, 1.165) is 18.6 Å². The molecule has 0 bridgehead atoms. The molecule has 1 aromatic heterocycles. The van der Waals surface area contributed by atoms with Gasteiger partial charge in [0.15, 0.2) is 5.69 Å². The van der Waals surface area contributed by atoms with Crippen molar-refractivity contribution in [3.8, 4) is 0 Å². The summed E-state index contributed by atoms with van der Waals surface area (Å²) in [7, 11) is 0. The quantitative estimate of drug-likeness (QED) is 0.847. The van der Waals surface area contributed by atoms with Gasteiger partial charge >= 0.3 is 0 Å². The summed E-state index contributed by atoms with van der Waals surface area (Å²) in [5.74, 6) is 0.783. The van der Waals surface area contributed by atoms with Crippen LogP contribution in [0.4, 0.5) is 11.4 Å². The third kappa shape index (κ3) is 2.59. The van der Waals surface area contributed by atoms with Crippen LogP contribution < -0.4 is 11.1 Å². The average molecular weight is 312 g/mol. The van der Waals surface area contributed by atoms with Crippen LogP contribution in [0.2, 0.25) is 10.0 Å². The number of carbonyl (C=O) groups is 1.